The van der Waals surface area contributed by atoms with E-state index < -0.39 is 0 Å². The van der Waals surface area contributed by atoms with Crippen LogP contribution >= 0.6 is 0 Å². The molecule has 13 heavy (non-hydrogen) atoms. The van der Waals surface area contributed by atoms with Crippen LogP contribution in [0.25, 0.3) is 0 Å². The molecule has 0 heterocycles. The van der Waals surface area contributed by atoms with Crippen molar-refractivity contribution in [3.05, 3.63) is 0 Å². The Labute approximate surface area is 80.9 Å². The summed E-state index contributed by atoms with van der Waals surface area (Å²) in [5.74, 6) is 0.870. The Bertz CT molecular complexity index is 185. The van der Waals surface area contributed by atoms with Crippen molar-refractivity contribution in [1.82, 2.24) is 0 Å². The Hall–Kier alpha value is -0.550. The molecule has 2 nitrogen and oxygen atoms in total. The van der Waals surface area contributed by atoms with Crippen LogP contribution in [0.5, 0.6) is 0 Å². The van der Waals surface area contributed by atoms with Gasteiger partial charge in [0.05, 0.1) is 18.1 Å². The smallest absolute Gasteiger partial charge is 0.0735 e. The third-order valence-electron chi connectivity index (χ3n) is 2.76. The molecule has 74 valence electrons. The van der Waals surface area contributed by atoms with E-state index >= 15 is 0 Å². The quantitative estimate of drug-likeness (QED) is 0.670. The van der Waals surface area contributed by atoms with Crippen molar-refractivity contribution in [1.29, 1.82) is 5.26 Å². The lowest BCUT2D eigenvalue weighted by Gasteiger charge is -2.30. The minimum atomic E-state index is 0.141. The van der Waals surface area contributed by atoms with Crippen molar-refractivity contribution < 1.29 is 4.74 Å². The van der Waals surface area contributed by atoms with Crippen LogP contribution in [0.15, 0.2) is 0 Å². The van der Waals surface area contributed by atoms with Gasteiger partial charge in [-0.1, -0.05) is 13.8 Å². The van der Waals surface area contributed by atoms with Gasteiger partial charge in [0, 0.05) is 6.61 Å². The number of rotatable bonds is 3. The highest BCUT2D eigenvalue weighted by Crippen LogP contribution is 2.30. The molecular formula is C11H19NO. The molecule has 0 radical (unpaired) electrons. The highest BCUT2D eigenvalue weighted by Gasteiger charge is 2.28. The van der Waals surface area contributed by atoms with Gasteiger partial charge >= 0.3 is 0 Å². The molecule has 3 atom stereocenters. The average molecular weight is 181 g/mol. The monoisotopic (exact) mass is 181 g/mol. The fraction of sp³-hybridized carbons (Fsp3) is 0.909. The molecule has 0 aliphatic heterocycles. The van der Waals surface area contributed by atoms with Crippen LogP contribution in [0.4, 0.5) is 0 Å². The molecule has 1 aliphatic carbocycles. The van der Waals surface area contributed by atoms with E-state index in [1.807, 2.05) is 0 Å². The Morgan fingerprint density at radius 1 is 1.46 bits per heavy atom. The topological polar surface area (TPSA) is 33.0 Å². The zero-order valence-corrected chi connectivity index (χ0v) is 8.62. The predicted molar refractivity (Wildman–Crippen MR) is 52.1 cm³/mol. The van der Waals surface area contributed by atoms with Gasteiger partial charge in [0.25, 0.3) is 0 Å². The van der Waals surface area contributed by atoms with Gasteiger partial charge in [0.2, 0.25) is 0 Å². The summed E-state index contributed by atoms with van der Waals surface area (Å²) in [6.45, 7) is 5.15. The number of hydrogen-bond acceptors (Lipinski definition) is 2. The second-order valence-corrected chi connectivity index (χ2v) is 4.06. The Balaban J connectivity index is 2.41. The number of nitriles is 1. The molecule has 0 bridgehead atoms. The summed E-state index contributed by atoms with van der Waals surface area (Å²) in [6, 6.07) is 2.36. The predicted octanol–water partition coefficient (Wildman–Crippen LogP) is 2.74. The molecule has 1 saturated carbocycles. The minimum Gasteiger partial charge on any atom is -0.377 e. The first-order valence-corrected chi connectivity index (χ1v) is 5.29. The van der Waals surface area contributed by atoms with Gasteiger partial charge in [-0.3, -0.25) is 0 Å². The van der Waals surface area contributed by atoms with Gasteiger partial charge in [-0.15, -0.1) is 0 Å². The summed E-state index contributed by atoms with van der Waals surface area (Å²) in [4.78, 5) is 0. The van der Waals surface area contributed by atoms with Crippen molar-refractivity contribution in [2.45, 2.75) is 45.6 Å². The standard InChI is InChI=1S/C11H19NO/c1-3-6-13-11-7-9(2)4-5-10(11)8-12/h9-11H,3-7H2,1-2H3. The number of nitrogens with zero attached hydrogens (tertiary/aromatic N) is 1. The van der Waals surface area contributed by atoms with Crippen LogP contribution in [-0.4, -0.2) is 12.7 Å². The van der Waals surface area contributed by atoms with Crippen molar-refractivity contribution >= 4 is 0 Å². The van der Waals surface area contributed by atoms with Gasteiger partial charge in [-0.25, -0.2) is 0 Å². The van der Waals surface area contributed by atoms with Crippen molar-refractivity contribution in [2.24, 2.45) is 11.8 Å². The van der Waals surface area contributed by atoms with Gasteiger partial charge in [-0.2, -0.15) is 5.26 Å². The van der Waals surface area contributed by atoms with E-state index in [4.69, 9.17) is 10.00 Å². The minimum absolute atomic E-state index is 0.141. The van der Waals surface area contributed by atoms with Crippen LogP contribution in [-0.2, 0) is 4.74 Å². The zero-order chi connectivity index (χ0) is 9.68. The molecule has 3 unspecified atom stereocenters. The third-order valence-corrected chi connectivity index (χ3v) is 2.76. The molecule has 0 amide bonds. The Morgan fingerprint density at radius 2 is 2.23 bits per heavy atom. The summed E-state index contributed by atoms with van der Waals surface area (Å²) in [7, 11) is 0. The van der Waals surface area contributed by atoms with Crippen molar-refractivity contribution in [2.75, 3.05) is 6.61 Å². The first-order valence-electron chi connectivity index (χ1n) is 5.29. The van der Waals surface area contributed by atoms with Crippen molar-refractivity contribution in [3.63, 3.8) is 0 Å². The number of ether oxygens (including phenoxy) is 1. The summed E-state index contributed by atoms with van der Waals surface area (Å²) < 4.78 is 5.68. The van der Waals surface area contributed by atoms with Crippen LogP contribution in [0, 0.1) is 23.2 Å². The largest absolute Gasteiger partial charge is 0.377 e. The molecule has 0 aromatic rings. The Morgan fingerprint density at radius 3 is 2.85 bits per heavy atom. The third kappa shape index (κ3) is 3.00. The maximum atomic E-state index is 8.92. The van der Waals surface area contributed by atoms with E-state index in [1.54, 1.807) is 0 Å². The average Bonchev–Trinajstić information content (AvgIpc) is 2.15. The molecule has 2 heteroatoms. The van der Waals surface area contributed by atoms with E-state index in [1.165, 1.54) is 6.42 Å². The summed E-state index contributed by atoms with van der Waals surface area (Å²) in [5, 5.41) is 8.92. The van der Waals surface area contributed by atoms with E-state index in [0.717, 1.165) is 31.8 Å². The van der Waals surface area contributed by atoms with Gasteiger partial charge < -0.3 is 4.74 Å². The summed E-state index contributed by atoms with van der Waals surface area (Å²) in [6.07, 6.45) is 4.52. The van der Waals surface area contributed by atoms with E-state index in [-0.39, 0.29) is 12.0 Å². The maximum absolute atomic E-state index is 8.92. The highest BCUT2D eigenvalue weighted by atomic mass is 16.5. The molecule has 1 rings (SSSR count). The van der Waals surface area contributed by atoms with E-state index in [0.29, 0.717) is 0 Å². The summed E-state index contributed by atoms with van der Waals surface area (Å²) in [5.41, 5.74) is 0. The fourth-order valence-electron chi connectivity index (χ4n) is 1.93. The second kappa shape index (κ2) is 5.24. The lowest BCUT2D eigenvalue weighted by molar-refractivity contribution is -0.00663. The van der Waals surface area contributed by atoms with Crippen LogP contribution in [0.2, 0.25) is 0 Å². The van der Waals surface area contributed by atoms with Crippen molar-refractivity contribution in [3.8, 4) is 6.07 Å². The first kappa shape index (κ1) is 10.5. The molecule has 0 saturated heterocycles. The van der Waals surface area contributed by atoms with Crippen LogP contribution < -0.4 is 0 Å². The van der Waals surface area contributed by atoms with Crippen LogP contribution in [0.3, 0.4) is 0 Å². The van der Waals surface area contributed by atoms with Gasteiger partial charge in [0.1, 0.15) is 0 Å². The fourth-order valence-corrected chi connectivity index (χ4v) is 1.93. The lowest BCUT2D eigenvalue weighted by Crippen LogP contribution is -2.30. The molecule has 0 N–H and O–H groups in total. The van der Waals surface area contributed by atoms with E-state index in [9.17, 15) is 0 Å². The molecule has 0 aromatic carbocycles. The normalized spacial score (nSPS) is 34.1. The van der Waals surface area contributed by atoms with E-state index in [2.05, 4.69) is 19.9 Å². The molecular weight excluding hydrogens is 162 g/mol. The molecule has 0 aromatic heterocycles. The molecule has 1 aliphatic rings. The van der Waals surface area contributed by atoms with Gasteiger partial charge in [-0.05, 0) is 31.6 Å². The molecule has 1 fully saturated rings. The maximum Gasteiger partial charge on any atom is 0.0735 e. The first-order chi connectivity index (χ1) is 6.27. The summed E-state index contributed by atoms with van der Waals surface area (Å²) >= 11 is 0. The second-order valence-electron chi connectivity index (χ2n) is 4.06. The zero-order valence-electron chi connectivity index (χ0n) is 8.62. The molecule has 0 spiro atoms. The Kier molecular flexibility index (Phi) is 4.24. The lowest BCUT2D eigenvalue weighted by atomic mass is 9.81. The van der Waals surface area contributed by atoms with Gasteiger partial charge in [0.15, 0.2) is 0 Å². The SMILES string of the molecule is CCCOC1CC(C)CCC1C#N. The van der Waals surface area contributed by atoms with Crippen LogP contribution in [0.1, 0.15) is 39.5 Å². The number of hydrogen-bond donors (Lipinski definition) is 0. The highest BCUT2D eigenvalue weighted by molar-refractivity contribution is 4.93.